The molecular formula is C38H60N6O7. The van der Waals surface area contributed by atoms with E-state index in [4.69, 9.17) is 9.47 Å². The molecule has 4 aliphatic carbocycles. The van der Waals surface area contributed by atoms with Gasteiger partial charge in [0.15, 0.2) is 5.78 Å². The molecule has 0 bridgehead atoms. The number of carbonyl (C=O) groups is 4. The number of methoxy groups -OCH3 is 2. The smallest absolute Gasteiger partial charge is 0.242 e. The highest BCUT2D eigenvalue weighted by atomic mass is 16.5. The molecule has 0 spiro atoms. The van der Waals surface area contributed by atoms with Gasteiger partial charge in [0.05, 0.1) is 44.1 Å². The van der Waals surface area contributed by atoms with Crippen LogP contribution in [-0.4, -0.2) is 119 Å². The molecule has 2 amide bonds. The molecule has 3 saturated carbocycles. The topological polar surface area (TPSA) is 156 Å². The van der Waals surface area contributed by atoms with E-state index in [1.165, 1.54) is 36.5 Å². The van der Waals surface area contributed by atoms with Crippen LogP contribution in [0.3, 0.4) is 0 Å². The van der Waals surface area contributed by atoms with E-state index in [1.807, 2.05) is 12.3 Å². The number of ether oxygens (including phenoxy) is 2. The van der Waals surface area contributed by atoms with Crippen LogP contribution in [0.1, 0.15) is 90.7 Å². The van der Waals surface area contributed by atoms with Gasteiger partial charge in [-0.1, -0.05) is 24.6 Å². The van der Waals surface area contributed by atoms with Gasteiger partial charge >= 0.3 is 0 Å². The van der Waals surface area contributed by atoms with Crippen LogP contribution in [0.2, 0.25) is 0 Å². The lowest BCUT2D eigenvalue weighted by molar-refractivity contribution is -0.142. The second-order valence-corrected chi connectivity index (χ2v) is 16.0. The van der Waals surface area contributed by atoms with E-state index in [2.05, 4.69) is 29.5 Å². The van der Waals surface area contributed by atoms with Crippen LogP contribution in [0.4, 0.5) is 0 Å². The number of fused-ring (bicyclic) bond motifs is 5. The highest BCUT2D eigenvalue weighted by Crippen LogP contribution is 2.68. The minimum absolute atomic E-state index is 0.00184. The number of nitrogens with zero attached hydrogens (tertiary/aromatic N) is 5. The molecule has 6 atom stereocenters. The summed E-state index contributed by atoms with van der Waals surface area (Å²) < 4.78 is 12.0. The van der Waals surface area contributed by atoms with Crippen LogP contribution in [0.25, 0.3) is 0 Å². The number of ketones is 2. The first-order valence-corrected chi connectivity index (χ1v) is 18.9. The van der Waals surface area contributed by atoms with Gasteiger partial charge in [-0.2, -0.15) is 0 Å². The summed E-state index contributed by atoms with van der Waals surface area (Å²) in [5.41, 5.74) is 1.42. The fourth-order valence-electron chi connectivity index (χ4n) is 10.1. The summed E-state index contributed by atoms with van der Waals surface area (Å²) in [4.78, 5) is 52.8. The Morgan fingerprint density at radius 1 is 0.980 bits per heavy atom. The van der Waals surface area contributed by atoms with E-state index in [1.54, 1.807) is 4.68 Å². The van der Waals surface area contributed by atoms with Crippen molar-refractivity contribution in [2.75, 3.05) is 60.2 Å². The fraction of sp³-hybridized carbons (Fsp3) is 0.789. The number of amides is 2. The van der Waals surface area contributed by atoms with E-state index in [0.717, 1.165) is 57.8 Å². The van der Waals surface area contributed by atoms with Crippen molar-refractivity contribution < 1.29 is 33.8 Å². The van der Waals surface area contributed by atoms with Crippen molar-refractivity contribution >= 4 is 23.4 Å². The third kappa shape index (κ3) is 8.63. The lowest BCUT2D eigenvalue weighted by atomic mass is 9.46. The summed E-state index contributed by atoms with van der Waals surface area (Å²) in [6.45, 7) is 8.02. The zero-order chi connectivity index (χ0) is 36.8. The minimum atomic E-state index is -0.698. The number of nitrogens with one attached hydrogen (secondary N) is 1. The van der Waals surface area contributed by atoms with Crippen LogP contribution in [-0.2, 0) is 41.7 Å². The van der Waals surface area contributed by atoms with Crippen molar-refractivity contribution in [2.24, 2.45) is 28.6 Å². The fourth-order valence-corrected chi connectivity index (χ4v) is 10.1. The molecule has 0 aromatic carbocycles. The lowest BCUT2D eigenvalue weighted by Gasteiger charge is -2.59. The van der Waals surface area contributed by atoms with E-state index in [9.17, 15) is 24.3 Å². The van der Waals surface area contributed by atoms with Crippen molar-refractivity contribution in [2.45, 2.75) is 104 Å². The Morgan fingerprint density at radius 2 is 1.69 bits per heavy atom. The third-order valence-corrected chi connectivity index (χ3v) is 13.0. The first-order chi connectivity index (χ1) is 24.3. The number of hydrogen-bond donors (Lipinski definition) is 2. The molecule has 13 nitrogen and oxygen atoms in total. The molecule has 5 rings (SSSR count). The summed E-state index contributed by atoms with van der Waals surface area (Å²) in [5.74, 6) is 1.29. The van der Waals surface area contributed by atoms with Gasteiger partial charge < -0.3 is 29.7 Å². The van der Waals surface area contributed by atoms with Crippen LogP contribution in [0.5, 0.6) is 0 Å². The Hall–Kier alpha value is -3.00. The van der Waals surface area contributed by atoms with Crippen molar-refractivity contribution in [3.63, 3.8) is 0 Å². The number of aryl methyl sites for hydroxylation is 1. The Kier molecular flexibility index (Phi) is 12.9. The molecule has 0 saturated heterocycles. The zero-order valence-electron chi connectivity index (χ0n) is 31.5. The number of hydrogen-bond acceptors (Lipinski definition) is 10. The average molecular weight is 713 g/mol. The largest absolute Gasteiger partial charge is 0.389 e. The number of allylic oxidation sites excluding steroid dienone is 1. The molecule has 1 heterocycles. The first-order valence-electron chi connectivity index (χ1n) is 18.9. The molecule has 3 fully saturated rings. The maximum Gasteiger partial charge on any atom is 0.242 e. The molecule has 13 heteroatoms. The number of carbonyl (C=O) groups excluding carboxylic acids is 4. The number of Topliss-reactive ketones (excluding diaryl/α,β-unsaturated/α-hetero) is 1. The summed E-state index contributed by atoms with van der Waals surface area (Å²) in [6, 6.07) is 0. The standard InChI is InChI=1S/C38H60N6O7/c1-27(45)24-42(17-19-50-4)35(48)26-43(18-20-51-5)34(47)23-39-22-29-25-44(41-40-29)16-6-12-38(49)15-11-33-31-8-7-28-21-30(46)9-13-36(28,2)32(31)10-14-37(33,38)3/h21,25,31-33,39,49H,6-20,22-24,26H2,1-5H3/t31?,32?,33?,36-,37-,38-/m0/s1. The Bertz CT molecular complexity index is 1450. The van der Waals surface area contributed by atoms with Gasteiger partial charge in [0.25, 0.3) is 0 Å². The Morgan fingerprint density at radius 3 is 2.39 bits per heavy atom. The predicted molar refractivity (Wildman–Crippen MR) is 190 cm³/mol. The van der Waals surface area contributed by atoms with Crippen LogP contribution in [0.15, 0.2) is 17.8 Å². The molecule has 3 unspecified atom stereocenters. The molecule has 51 heavy (non-hydrogen) atoms. The van der Waals surface area contributed by atoms with Gasteiger partial charge in [0.1, 0.15) is 5.78 Å². The average Bonchev–Trinajstić information content (AvgIpc) is 3.65. The lowest BCUT2D eigenvalue weighted by Crippen LogP contribution is -2.54. The predicted octanol–water partition coefficient (Wildman–Crippen LogP) is 2.95. The molecule has 284 valence electrons. The molecular weight excluding hydrogens is 652 g/mol. The maximum atomic E-state index is 13.1. The van der Waals surface area contributed by atoms with Crippen molar-refractivity contribution in [1.29, 1.82) is 0 Å². The Balaban J connectivity index is 1.09. The third-order valence-electron chi connectivity index (χ3n) is 13.0. The van der Waals surface area contributed by atoms with Crippen molar-refractivity contribution in [3.8, 4) is 0 Å². The van der Waals surface area contributed by atoms with Crippen LogP contribution >= 0.6 is 0 Å². The van der Waals surface area contributed by atoms with E-state index in [-0.39, 0.29) is 67.8 Å². The molecule has 0 radical (unpaired) electrons. The molecule has 0 aliphatic heterocycles. The number of aromatic nitrogens is 3. The monoisotopic (exact) mass is 712 g/mol. The molecule has 1 aromatic rings. The minimum Gasteiger partial charge on any atom is -0.389 e. The van der Waals surface area contributed by atoms with Crippen molar-refractivity contribution in [3.05, 3.63) is 23.5 Å². The summed E-state index contributed by atoms with van der Waals surface area (Å²) in [5, 5.41) is 23.9. The van der Waals surface area contributed by atoms with Crippen LogP contribution < -0.4 is 5.32 Å². The molecule has 4 aliphatic rings. The SMILES string of the molecule is COCCN(CC(C)=O)C(=O)CN(CCOC)C(=O)CNCc1cn(CCC[C@]2(O)CCC3C4CCC5=CC(=O)CC[C@]5(C)C4CC[C@@]32C)nn1. The molecule has 1 aromatic heterocycles. The number of aliphatic hydroxyl groups is 1. The van der Waals surface area contributed by atoms with Crippen molar-refractivity contribution in [1.82, 2.24) is 30.1 Å². The van der Waals surface area contributed by atoms with Gasteiger partial charge in [0.2, 0.25) is 11.8 Å². The van der Waals surface area contributed by atoms with Gasteiger partial charge in [-0.25, -0.2) is 0 Å². The maximum absolute atomic E-state index is 13.1. The normalized spacial score (nSPS) is 29.9. The van der Waals surface area contributed by atoms with Gasteiger partial charge in [-0.15, -0.1) is 5.10 Å². The quantitative estimate of drug-likeness (QED) is 0.232. The van der Waals surface area contributed by atoms with Crippen LogP contribution in [0, 0.1) is 28.6 Å². The summed E-state index contributed by atoms with van der Waals surface area (Å²) in [6.07, 6.45) is 13.2. The van der Waals surface area contributed by atoms with Gasteiger partial charge in [-0.3, -0.25) is 23.9 Å². The summed E-state index contributed by atoms with van der Waals surface area (Å²) in [7, 11) is 3.06. The zero-order valence-corrected chi connectivity index (χ0v) is 31.5. The highest BCUT2D eigenvalue weighted by molar-refractivity contribution is 5.91. The van der Waals surface area contributed by atoms with Gasteiger partial charge in [-0.05, 0) is 99.4 Å². The number of rotatable bonds is 18. The second-order valence-electron chi connectivity index (χ2n) is 16.0. The highest BCUT2D eigenvalue weighted by Gasteiger charge is 2.63. The molecule has 2 N–H and O–H groups in total. The van der Waals surface area contributed by atoms with Gasteiger partial charge in [0, 0.05) is 53.0 Å². The van der Waals surface area contributed by atoms with E-state index in [0.29, 0.717) is 55.3 Å². The summed E-state index contributed by atoms with van der Waals surface area (Å²) >= 11 is 0. The van der Waals surface area contributed by atoms with E-state index < -0.39 is 5.60 Å². The first kappa shape index (κ1) is 39.2. The second kappa shape index (κ2) is 16.8. The Labute approximate surface area is 302 Å². The van der Waals surface area contributed by atoms with E-state index >= 15 is 0 Å².